The number of rotatable bonds is 6. The van der Waals surface area contributed by atoms with Gasteiger partial charge in [0.1, 0.15) is 5.69 Å². The highest BCUT2D eigenvalue weighted by Gasteiger charge is 2.10. The van der Waals surface area contributed by atoms with E-state index in [1.807, 2.05) is 31.3 Å². The highest BCUT2D eigenvalue weighted by molar-refractivity contribution is 7.09. The predicted octanol–water partition coefficient (Wildman–Crippen LogP) is 2.06. The maximum atomic E-state index is 12.1. The van der Waals surface area contributed by atoms with Crippen LogP contribution in [0.4, 0.5) is 0 Å². The van der Waals surface area contributed by atoms with E-state index in [9.17, 15) is 4.79 Å². The van der Waals surface area contributed by atoms with Gasteiger partial charge in [-0.1, -0.05) is 35.5 Å². The zero-order valence-corrected chi connectivity index (χ0v) is 13.6. The first-order chi connectivity index (χ1) is 11.2. The van der Waals surface area contributed by atoms with Gasteiger partial charge >= 0.3 is 0 Å². The monoisotopic (exact) mass is 327 g/mol. The van der Waals surface area contributed by atoms with E-state index < -0.39 is 0 Å². The molecule has 0 radical (unpaired) electrons. The van der Waals surface area contributed by atoms with Gasteiger partial charge in [-0.05, 0) is 12.5 Å². The van der Waals surface area contributed by atoms with Gasteiger partial charge in [0.25, 0.3) is 5.91 Å². The van der Waals surface area contributed by atoms with Crippen LogP contribution in [0.3, 0.4) is 0 Å². The summed E-state index contributed by atoms with van der Waals surface area (Å²) in [5, 5.41) is 13.4. The molecule has 0 unspecified atom stereocenters. The largest absolute Gasteiger partial charge is 0.349 e. The SMILES string of the molecule is Cc1cn(CCNC(=O)c2csc(Cc3ccccc3)n2)nn1. The van der Waals surface area contributed by atoms with Crippen LogP contribution in [0, 0.1) is 6.92 Å². The molecular weight excluding hydrogens is 310 g/mol. The molecule has 6 nitrogen and oxygen atoms in total. The van der Waals surface area contributed by atoms with Gasteiger partial charge in [0.05, 0.1) is 17.2 Å². The number of benzene rings is 1. The molecule has 0 bridgehead atoms. The summed E-state index contributed by atoms with van der Waals surface area (Å²) in [5.74, 6) is -0.155. The Kier molecular flexibility index (Phi) is 4.77. The molecule has 118 valence electrons. The third-order valence-electron chi connectivity index (χ3n) is 3.26. The van der Waals surface area contributed by atoms with Crippen molar-refractivity contribution in [2.45, 2.75) is 19.9 Å². The lowest BCUT2D eigenvalue weighted by Crippen LogP contribution is -2.27. The zero-order valence-electron chi connectivity index (χ0n) is 12.8. The molecule has 0 saturated heterocycles. The Bertz CT molecular complexity index is 781. The van der Waals surface area contributed by atoms with Crippen molar-refractivity contribution in [2.24, 2.45) is 0 Å². The fourth-order valence-corrected chi connectivity index (χ4v) is 2.95. The third-order valence-corrected chi connectivity index (χ3v) is 4.11. The second-order valence-corrected chi connectivity index (χ2v) is 6.11. The molecule has 0 aliphatic rings. The molecule has 0 spiro atoms. The van der Waals surface area contributed by atoms with E-state index in [-0.39, 0.29) is 5.91 Å². The summed E-state index contributed by atoms with van der Waals surface area (Å²) in [7, 11) is 0. The molecule has 7 heteroatoms. The fraction of sp³-hybridized carbons (Fsp3) is 0.250. The molecular formula is C16H17N5OS. The Morgan fingerprint density at radius 3 is 2.87 bits per heavy atom. The van der Waals surface area contributed by atoms with Crippen molar-refractivity contribution in [3.63, 3.8) is 0 Å². The third kappa shape index (κ3) is 4.23. The van der Waals surface area contributed by atoms with Crippen molar-refractivity contribution in [1.82, 2.24) is 25.3 Å². The van der Waals surface area contributed by atoms with Gasteiger partial charge in [0.15, 0.2) is 0 Å². The molecule has 2 aromatic heterocycles. The lowest BCUT2D eigenvalue weighted by molar-refractivity contribution is 0.0947. The Morgan fingerprint density at radius 1 is 1.30 bits per heavy atom. The van der Waals surface area contributed by atoms with Crippen LogP contribution in [0.1, 0.15) is 26.8 Å². The van der Waals surface area contributed by atoms with E-state index in [4.69, 9.17) is 0 Å². The summed E-state index contributed by atoms with van der Waals surface area (Å²) in [6.45, 7) is 2.96. The average molecular weight is 327 g/mol. The lowest BCUT2D eigenvalue weighted by Gasteiger charge is -2.02. The molecule has 1 aromatic carbocycles. The fourth-order valence-electron chi connectivity index (χ4n) is 2.15. The van der Waals surface area contributed by atoms with Gasteiger partial charge in [-0.15, -0.1) is 16.4 Å². The number of aromatic nitrogens is 4. The van der Waals surface area contributed by atoms with Crippen LogP contribution in [0.15, 0.2) is 41.9 Å². The number of carbonyl (C=O) groups excluding carboxylic acids is 1. The Balaban J connectivity index is 1.52. The Labute approximate surface area is 138 Å². The summed E-state index contributed by atoms with van der Waals surface area (Å²) in [5.41, 5.74) is 2.52. The van der Waals surface area contributed by atoms with E-state index in [1.165, 1.54) is 16.9 Å². The molecule has 0 aliphatic heterocycles. The van der Waals surface area contributed by atoms with Crippen LogP contribution < -0.4 is 5.32 Å². The van der Waals surface area contributed by atoms with Crippen LogP contribution in [0.25, 0.3) is 0 Å². The molecule has 1 N–H and O–H groups in total. The van der Waals surface area contributed by atoms with Crippen LogP contribution in [0.2, 0.25) is 0 Å². The molecule has 1 amide bonds. The van der Waals surface area contributed by atoms with Crippen LogP contribution in [-0.4, -0.2) is 32.4 Å². The van der Waals surface area contributed by atoms with Gasteiger partial charge in [-0.3, -0.25) is 9.48 Å². The van der Waals surface area contributed by atoms with Crippen molar-refractivity contribution in [2.75, 3.05) is 6.54 Å². The predicted molar refractivity (Wildman–Crippen MR) is 88.5 cm³/mol. The summed E-state index contributed by atoms with van der Waals surface area (Å²) in [6, 6.07) is 10.1. The number of nitrogens with one attached hydrogen (secondary N) is 1. The highest BCUT2D eigenvalue weighted by atomic mass is 32.1. The van der Waals surface area contributed by atoms with Gasteiger partial charge in [-0.25, -0.2) is 4.98 Å². The molecule has 0 saturated carbocycles. The van der Waals surface area contributed by atoms with Gasteiger partial charge in [-0.2, -0.15) is 0 Å². The Morgan fingerprint density at radius 2 is 2.13 bits per heavy atom. The van der Waals surface area contributed by atoms with Crippen molar-refractivity contribution >= 4 is 17.2 Å². The van der Waals surface area contributed by atoms with E-state index >= 15 is 0 Å². The summed E-state index contributed by atoms with van der Waals surface area (Å²) in [6.07, 6.45) is 2.59. The normalized spacial score (nSPS) is 10.7. The minimum absolute atomic E-state index is 0.155. The standard InChI is InChI=1S/C16H17N5OS/c1-12-10-21(20-19-12)8-7-17-16(22)14-11-23-15(18-14)9-13-5-3-2-4-6-13/h2-6,10-11H,7-9H2,1H3,(H,17,22). The quantitative estimate of drug-likeness (QED) is 0.752. The van der Waals surface area contributed by atoms with Crippen molar-refractivity contribution in [3.8, 4) is 0 Å². The second kappa shape index (κ2) is 7.15. The number of hydrogen-bond acceptors (Lipinski definition) is 5. The van der Waals surface area contributed by atoms with E-state index in [0.29, 0.717) is 18.8 Å². The molecule has 0 atom stereocenters. The van der Waals surface area contributed by atoms with E-state index in [1.54, 1.807) is 10.1 Å². The molecule has 3 rings (SSSR count). The first-order valence-corrected chi connectivity index (χ1v) is 8.22. The van der Waals surface area contributed by atoms with Gasteiger partial charge < -0.3 is 5.32 Å². The van der Waals surface area contributed by atoms with Crippen molar-refractivity contribution in [1.29, 1.82) is 0 Å². The number of nitrogens with zero attached hydrogens (tertiary/aromatic N) is 4. The maximum Gasteiger partial charge on any atom is 0.270 e. The topological polar surface area (TPSA) is 72.7 Å². The van der Waals surface area contributed by atoms with Gasteiger partial charge in [0.2, 0.25) is 0 Å². The summed E-state index contributed by atoms with van der Waals surface area (Å²) >= 11 is 1.51. The molecule has 23 heavy (non-hydrogen) atoms. The summed E-state index contributed by atoms with van der Waals surface area (Å²) < 4.78 is 1.71. The lowest BCUT2D eigenvalue weighted by atomic mass is 10.2. The highest BCUT2D eigenvalue weighted by Crippen LogP contribution is 2.14. The maximum absolute atomic E-state index is 12.1. The van der Waals surface area contributed by atoms with Crippen molar-refractivity contribution in [3.05, 3.63) is 63.9 Å². The minimum atomic E-state index is -0.155. The van der Waals surface area contributed by atoms with Crippen LogP contribution in [0.5, 0.6) is 0 Å². The first-order valence-electron chi connectivity index (χ1n) is 7.34. The molecule has 3 aromatic rings. The number of amides is 1. The van der Waals surface area contributed by atoms with Crippen LogP contribution >= 0.6 is 11.3 Å². The van der Waals surface area contributed by atoms with E-state index in [2.05, 4.69) is 32.7 Å². The minimum Gasteiger partial charge on any atom is -0.349 e. The van der Waals surface area contributed by atoms with Crippen molar-refractivity contribution < 1.29 is 4.79 Å². The number of aryl methyl sites for hydroxylation is 1. The summed E-state index contributed by atoms with van der Waals surface area (Å²) in [4.78, 5) is 16.5. The van der Waals surface area contributed by atoms with E-state index in [0.717, 1.165) is 17.1 Å². The zero-order chi connectivity index (χ0) is 16.1. The second-order valence-electron chi connectivity index (χ2n) is 5.17. The average Bonchev–Trinajstić information content (AvgIpc) is 3.18. The smallest absolute Gasteiger partial charge is 0.270 e. The first kappa shape index (κ1) is 15.4. The molecule has 2 heterocycles. The molecule has 0 aliphatic carbocycles. The number of thiazole rings is 1. The number of carbonyl (C=O) groups is 1. The van der Waals surface area contributed by atoms with Crippen LogP contribution in [-0.2, 0) is 13.0 Å². The Hall–Kier alpha value is -2.54. The van der Waals surface area contributed by atoms with Gasteiger partial charge in [0, 0.05) is 24.5 Å². The molecule has 0 fully saturated rings. The number of hydrogen-bond donors (Lipinski definition) is 1.